The second-order valence-electron chi connectivity index (χ2n) is 3.81. The summed E-state index contributed by atoms with van der Waals surface area (Å²) >= 11 is 1.56. The van der Waals surface area contributed by atoms with Crippen LogP contribution in [0, 0.1) is 0 Å². The van der Waals surface area contributed by atoms with E-state index in [1.54, 1.807) is 11.8 Å². The third kappa shape index (κ3) is 5.07. The zero-order valence-corrected chi connectivity index (χ0v) is 11.0. The second kappa shape index (κ2) is 6.76. The van der Waals surface area contributed by atoms with Crippen LogP contribution in [0.5, 0.6) is 0 Å². The number of rotatable bonds is 5. The summed E-state index contributed by atoms with van der Waals surface area (Å²) in [6.45, 7) is 0. The summed E-state index contributed by atoms with van der Waals surface area (Å²) in [6.07, 6.45) is -1.13. The topological polar surface area (TPSA) is 68.0 Å². The van der Waals surface area contributed by atoms with Gasteiger partial charge in [-0.2, -0.15) is 24.9 Å². The molecule has 0 bridgehead atoms. The molecule has 0 spiro atoms. The molecule has 1 aromatic heterocycles. The minimum absolute atomic E-state index is 0.192. The monoisotopic (exact) mass is 293 g/mol. The van der Waals surface area contributed by atoms with Crippen LogP contribution in [0.1, 0.15) is 12.1 Å². The van der Waals surface area contributed by atoms with Crippen molar-refractivity contribution in [2.45, 2.75) is 18.6 Å². The number of nitrogens with two attached hydrogens (primary N) is 1. The first-order chi connectivity index (χ1) is 8.84. The summed E-state index contributed by atoms with van der Waals surface area (Å²) in [7, 11) is 0. The van der Waals surface area contributed by atoms with Crippen molar-refractivity contribution in [1.82, 2.24) is 4.98 Å². The molecule has 1 rings (SSSR count). The van der Waals surface area contributed by atoms with Crippen LogP contribution in [0.3, 0.4) is 0 Å². The van der Waals surface area contributed by atoms with Crippen LogP contribution in [0.2, 0.25) is 0 Å². The van der Waals surface area contributed by atoms with Gasteiger partial charge in [0.15, 0.2) is 0 Å². The fraction of sp³-hybridized carbons (Fsp3) is 0.455. The molecule has 3 N–H and O–H groups in total. The van der Waals surface area contributed by atoms with Gasteiger partial charge in [0.25, 0.3) is 0 Å². The molecule has 106 valence electrons. The summed E-state index contributed by atoms with van der Waals surface area (Å²) < 4.78 is 36.8. The van der Waals surface area contributed by atoms with Crippen molar-refractivity contribution in [2.24, 2.45) is 5.73 Å². The van der Waals surface area contributed by atoms with Crippen molar-refractivity contribution in [3.8, 4) is 0 Å². The smallest absolute Gasteiger partial charge is 0.323 e. The molecular formula is C11H14F3N3OS. The summed E-state index contributed by atoms with van der Waals surface area (Å²) in [5, 5.41) is 2.43. The van der Waals surface area contributed by atoms with Gasteiger partial charge in [0.2, 0.25) is 5.91 Å². The minimum atomic E-state index is -4.49. The van der Waals surface area contributed by atoms with Crippen LogP contribution >= 0.6 is 11.8 Å². The average molecular weight is 293 g/mol. The van der Waals surface area contributed by atoms with Gasteiger partial charge in [-0.3, -0.25) is 4.79 Å². The van der Waals surface area contributed by atoms with Crippen LogP contribution in [0.15, 0.2) is 18.3 Å². The number of carbonyl (C=O) groups is 1. The molecule has 1 amide bonds. The number of anilines is 1. The Morgan fingerprint density at radius 2 is 2.21 bits per heavy atom. The molecule has 0 saturated heterocycles. The van der Waals surface area contributed by atoms with Crippen LogP contribution in [-0.4, -0.2) is 28.9 Å². The number of hydrogen-bond donors (Lipinski definition) is 2. The number of halogens is 3. The van der Waals surface area contributed by atoms with Crippen molar-refractivity contribution >= 4 is 23.4 Å². The van der Waals surface area contributed by atoms with Gasteiger partial charge in [-0.25, -0.2) is 4.98 Å². The van der Waals surface area contributed by atoms with E-state index in [-0.39, 0.29) is 5.69 Å². The van der Waals surface area contributed by atoms with Crippen molar-refractivity contribution < 1.29 is 18.0 Å². The maximum absolute atomic E-state index is 12.3. The number of carbonyl (C=O) groups excluding carboxylic acids is 1. The molecule has 0 radical (unpaired) electrons. The standard InChI is InChI=1S/C11H14F3N3OS/c1-19-5-4-8(15)10(18)17-7-2-3-9(16-6-7)11(12,13)14/h2-3,6,8H,4-5,15H2,1H3,(H,17,18)/t8-/m0/s1. The Morgan fingerprint density at radius 3 is 2.68 bits per heavy atom. The molecule has 0 saturated carbocycles. The lowest BCUT2D eigenvalue weighted by molar-refractivity contribution is -0.141. The molecule has 0 unspecified atom stereocenters. The van der Waals surface area contributed by atoms with E-state index in [1.807, 2.05) is 6.26 Å². The van der Waals surface area contributed by atoms with E-state index in [9.17, 15) is 18.0 Å². The quantitative estimate of drug-likeness (QED) is 0.872. The number of amides is 1. The molecule has 0 aliphatic carbocycles. The number of hydrogen-bond acceptors (Lipinski definition) is 4. The van der Waals surface area contributed by atoms with Crippen LogP contribution < -0.4 is 11.1 Å². The Kier molecular flexibility index (Phi) is 5.61. The Bertz CT molecular complexity index is 422. The van der Waals surface area contributed by atoms with Gasteiger partial charge in [-0.1, -0.05) is 0 Å². The van der Waals surface area contributed by atoms with E-state index in [0.29, 0.717) is 6.42 Å². The summed E-state index contributed by atoms with van der Waals surface area (Å²) in [5.74, 6) is 0.301. The van der Waals surface area contributed by atoms with Gasteiger partial charge < -0.3 is 11.1 Å². The first-order valence-corrected chi connectivity index (χ1v) is 6.82. The maximum atomic E-state index is 12.3. The van der Waals surface area contributed by atoms with E-state index in [4.69, 9.17) is 5.73 Å². The number of nitrogens with one attached hydrogen (secondary N) is 1. The summed E-state index contributed by atoms with van der Waals surface area (Å²) in [6, 6.07) is 1.27. The van der Waals surface area contributed by atoms with Gasteiger partial charge >= 0.3 is 6.18 Å². The van der Waals surface area contributed by atoms with Gasteiger partial charge in [0.05, 0.1) is 17.9 Å². The highest BCUT2D eigenvalue weighted by molar-refractivity contribution is 7.98. The maximum Gasteiger partial charge on any atom is 0.433 e. The van der Waals surface area contributed by atoms with E-state index in [0.717, 1.165) is 24.1 Å². The molecule has 8 heteroatoms. The third-order valence-electron chi connectivity index (χ3n) is 2.29. The fourth-order valence-electron chi connectivity index (χ4n) is 1.25. The zero-order chi connectivity index (χ0) is 14.5. The minimum Gasteiger partial charge on any atom is -0.323 e. The van der Waals surface area contributed by atoms with E-state index in [2.05, 4.69) is 10.3 Å². The van der Waals surface area contributed by atoms with Gasteiger partial charge in [0, 0.05) is 0 Å². The molecule has 0 aromatic carbocycles. The normalized spacial score (nSPS) is 13.1. The average Bonchev–Trinajstić information content (AvgIpc) is 2.35. The van der Waals surface area contributed by atoms with E-state index in [1.165, 1.54) is 0 Å². The zero-order valence-electron chi connectivity index (χ0n) is 10.2. The largest absolute Gasteiger partial charge is 0.433 e. The van der Waals surface area contributed by atoms with Crippen LogP contribution in [-0.2, 0) is 11.0 Å². The second-order valence-corrected chi connectivity index (χ2v) is 4.79. The lowest BCUT2D eigenvalue weighted by Crippen LogP contribution is -2.36. The summed E-state index contributed by atoms with van der Waals surface area (Å²) in [5.41, 5.74) is 4.81. The Morgan fingerprint density at radius 1 is 1.53 bits per heavy atom. The molecule has 1 atom stereocenters. The first kappa shape index (κ1) is 15.8. The molecule has 1 aromatic rings. The lowest BCUT2D eigenvalue weighted by atomic mass is 10.2. The third-order valence-corrected chi connectivity index (χ3v) is 2.94. The molecule has 0 aliphatic rings. The Balaban J connectivity index is 2.60. The first-order valence-electron chi connectivity index (χ1n) is 5.43. The molecule has 0 fully saturated rings. The fourth-order valence-corrected chi connectivity index (χ4v) is 1.74. The van der Waals surface area contributed by atoms with Gasteiger partial charge in [-0.05, 0) is 30.6 Å². The highest BCUT2D eigenvalue weighted by atomic mass is 32.2. The summed E-state index contributed by atoms with van der Waals surface area (Å²) in [4.78, 5) is 14.8. The highest BCUT2D eigenvalue weighted by Gasteiger charge is 2.32. The van der Waals surface area contributed by atoms with Crippen LogP contribution in [0.4, 0.5) is 18.9 Å². The number of alkyl halides is 3. The van der Waals surface area contributed by atoms with Crippen molar-refractivity contribution in [2.75, 3.05) is 17.3 Å². The Hall–Kier alpha value is -1.28. The Labute approximate surface area is 113 Å². The highest BCUT2D eigenvalue weighted by Crippen LogP contribution is 2.27. The molecule has 0 aliphatic heterocycles. The van der Waals surface area contributed by atoms with Gasteiger partial charge in [0.1, 0.15) is 5.69 Å². The SMILES string of the molecule is CSCC[C@H](N)C(=O)Nc1ccc(C(F)(F)F)nc1. The van der Waals surface area contributed by atoms with Crippen molar-refractivity contribution in [3.63, 3.8) is 0 Å². The number of thioether (sulfide) groups is 1. The predicted molar refractivity (Wildman–Crippen MR) is 68.8 cm³/mol. The van der Waals surface area contributed by atoms with E-state index >= 15 is 0 Å². The van der Waals surface area contributed by atoms with Crippen molar-refractivity contribution in [1.29, 1.82) is 0 Å². The van der Waals surface area contributed by atoms with E-state index < -0.39 is 23.8 Å². The molecule has 4 nitrogen and oxygen atoms in total. The van der Waals surface area contributed by atoms with Gasteiger partial charge in [-0.15, -0.1) is 0 Å². The number of pyridine rings is 1. The lowest BCUT2D eigenvalue weighted by Gasteiger charge is -2.12. The number of aromatic nitrogens is 1. The van der Waals surface area contributed by atoms with Crippen molar-refractivity contribution in [3.05, 3.63) is 24.0 Å². The number of nitrogens with zero attached hydrogens (tertiary/aromatic N) is 1. The molecule has 1 heterocycles. The van der Waals surface area contributed by atoms with Crippen LogP contribution in [0.25, 0.3) is 0 Å². The predicted octanol–water partition coefficient (Wildman–Crippen LogP) is 2.12. The molecular weight excluding hydrogens is 279 g/mol. The molecule has 19 heavy (non-hydrogen) atoms.